The molecule has 11 heavy (non-hydrogen) atoms. The normalized spacial score (nSPS) is 23.4. The second-order valence-corrected chi connectivity index (χ2v) is 3.68. The van der Waals surface area contributed by atoms with Crippen molar-refractivity contribution in [1.82, 2.24) is 5.32 Å². The van der Waals surface area contributed by atoms with Gasteiger partial charge in [0.1, 0.15) is 0 Å². The molecule has 1 unspecified atom stereocenters. The molecule has 0 spiro atoms. The number of amides is 1. The summed E-state index contributed by atoms with van der Waals surface area (Å²) in [7, 11) is 0. The van der Waals surface area contributed by atoms with Crippen LogP contribution in [0.3, 0.4) is 0 Å². The van der Waals surface area contributed by atoms with E-state index in [1.54, 1.807) is 0 Å². The molecule has 3 nitrogen and oxygen atoms in total. The number of hydrogen-bond donors (Lipinski definition) is 1. The van der Waals surface area contributed by atoms with Gasteiger partial charge in [0.2, 0.25) is 11.0 Å². The van der Waals surface area contributed by atoms with Crippen molar-refractivity contribution in [3.05, 3.63) is 0 Å². The molecule has 0 radical (unpaired) electrons. The van der Waals surface area contributed by atoms with Crippen LogP contribution < -0.4 is 5.32 Å². The first-order valence-corrected chi connectivity index (χ1v) is 4.68. The third-order valence-corrected chi connectivity index (χ3v) is 2.42. The fourth-order valence-corrected chi connectivity index (χ4v) is 1.70. The SMILES string of the molecule is CCSC(=O)C1CCC(=O)N1. The smallest absolute Gasteiger partial charge is 0.220 e. The number of nitrogens with one attached hydrogen (secondary N) is 1. The molecule has 0 aromatic carbocycles. The summed E-state index contributed by atoms with van der Waals surface area (Å²) in [5, 5.41) is 2.72. The Morgan fingerprint density at radius 1 is 1.82 bits per heavy atom. The zero-order chi connectivity index (χ0) is 8.27. The molecule has 0 aliphatic carbocycles. The van der Waals surface area contributed by atoms with Gasteiger partial charge in [0.25, 0.3) is 0 Å². The van der Waals surface area contributed by atoms with Crippen LogP contribution in [0.2, 0.25) is 0 Å². The number of hydrogen-bond acceptors (Lipinski definition) is 3. The topological polar surface area (TPSA) is 46.2 Å². The van der Waals surface area contributed by atoms with E-state index in [1.165, 1.54) is 11.8 Å². The minimum atomic E-state index is -0.215. The van der Waals surface area contributed by atoms with Gasteiger partial charge in [-0.1, -0.05) is 18.7 Å². The van der Waals surface area contributed by atoms with Crippen molar-refractivity contribution in [2.75, 3.05) is 5.75 Å². The summed E-state index contributed by atoms with van der Waals surface area (Å²) < 4.78 is 0. The first-order chi connectivity index (χ1) is 5.24. The Morgan fingerprint density at radius 3 is 3.00 bits per heavy atom. The lowest BCUT2D eigenvalue weighted by atomic mass is 10.2. The third kappa shape index (κ3) is 2.22. The maximum Gasteiger partial charge on any atom is 0.220 e. The van der Waals surface area contributed by atoms with E-state index in [-0.39, 0.29) is 17.1 Å². The molecule has 1 heterocycles. The highest BCUT2D eigenvalue weighted by Gasteiger charge is 2.26. The summed E-state index contributed by atoms with van der Waals surface area (Å²) in [5.74, 6) is 0.783. The average Bonchev–Trinajstić information content (AvgIpc) is 2.36. The Labute approximate surface area is 69.9 Å². The lowest BCUT2D eigenvalue weighted by Gasteiger charge is -2.05. The summed E-state index contributed by atoms with van der Waals surface area (Å²) in [5.41, 5.74) is 0. The number of carbonyl (C=O) groups excluding carboxylic acids is 2. The minimum Gasteiger partial charge on any atom is -0.345 e. The number of carbonyl (C=O) groups is 2. The molecule has 1 atom stereocenters. The van der Waals surface area contributed by atoms with Crippen LogP contribution in [0.4, 0.5) is 0 Å². The van der Waals surface area contributed by atoms with Crippen LogP contribution in [0.25, 0.3) is 0 Å². The molecule has 1 rings (SSSR count). The van der Waals surface area contributed by atoms with Crippen molar-refractivity contribution in [3.8, 4) is 0 Å². The van der Waals surface area contributed by atoms with E-state index in [0.717, 1.165) is 5.75 Å². The van der Waals surface area contributed by atoms with Gasteiger partial charge in [-0.15, -0.1) is 0 Å². The van der Waals surface area contributed by atoms with Gasteiger partial charge in [-0.05, 0) is 12.2 Å². The van der Waals surface area contributed by atoms with Gasteiger partial charge < -0.3 is 5.32 Å². The number of thioether (sulfide) groups is 1. The van der Waals surface area contributed by atoms with Gasteiger partial charge in [-0.2, -0.15) is 0 Å². The second kappa shape index (κ2) is 3.76. The molecule has 1 aliphatic heterocycles. The molecule has 0 aromatic rings. The zero-order valence-corrected chi connectivity index (χ0v) is 7.24. The molecule has 0 aromatic heterocycles. The van der Waals surface area contributed by atoms with Crippen molar-refractivity contribution in [3.63, 3.8) is 0 Å². The molecule has 1 amide bonds. The predicted octanol–water partition coefficient (Wildman–Crippen LogP) is 0.545. The van der Waals surface area contributed by atoms with Gasteiger partial charge in [-0.25, -0.2) is 0 Å². The summed E-state index contributed by atoms with van der Waals surface area (Å²) in [6.45, 7) is 1.93. The molecule has 0 saturated carbocycles. The van der Waals surface area contributed by atoms with Crippen LogP contribution in [-0.4, -0.2) is 22.8 Å². The van der Waals surface area contributed by atoms with Gasteiger partial charge >= 0.3 is 0 Å². The van der Waals surface area contributed by atoms with Crippen molar-refractivity contribution in [2.24, 2.45) is 0 Å². The van der Waals surface area contributed by atoms with Gasteiger partial charge in [0, 0.05) is 6.42 Å². The highest BCUT2D eigenvalue weighted by molar-refractivity contribution is 8.13. The van der Waals surface area contributed by atoms with E-state index < -0.39 is 0 Å². The van der Waals surface area contributed by atoms with Crippen LogP contribution in [-0.2, 0) is 9.59 Å². The van der Waals surface area contributed by atoms with Crippen molar-refractivity contribution in [1.29, 1.82) is 0 Å². The van der Waals surface area contributed by atoms with Crippen LogP contribution in [0.5, 0.6) is 0 Å². The van der Waals surface area contributed by atoms with E-state index in [9.17, 15) is 9.59 Å². The first-order valence-electron chi connectivity index (χ1n) is 3.70. The van der Waals surface area contributed by atoms with E-state index in [4.69, 9.17) is 0 Å². The molecular formula is C7H11NO2S. The monoisotopic (exact) mass is 173 g/mol. The Kier molecular flexibility index (Phi) is 2.93. The van der Waals surface area contributed by atoms with Crippen molar-refractivity contribution >= 4 is 22.8 Å². The molecular weight excluding hydrogens is 162 g/mol. The Bertz CT molecular complexity index is 181. The third-order valence-electron chi connectivity index (χ3n) is 1.57. The lowest BCUT2D eigenvalue weighted by molar-refractivity contribution is -0.121. The Morgan fingerprint density at radius 2 is 2.55 bits per heavy atom. The predicted molar refractivity (Wildman–Crippen MR) is 44.3 cm³/mol. The highest BCUT2D eigenvalue weighted by Crippen LogP contribution is 2.14. The highest BCUT2D eigenvalue weighted by atomic mass is 32.2. The molecule has 1 saturated heterocycles. The molecule has 0 bridgehead atoms. The summed E-state index contributed by atoms with van der Waals surface area (Å²) in [4.78, 5) is 21.8. The average molecular weight is 173 g/mol. The summed E-state index contributed by atoms with van der Waals surface area (Å²) in [6.07, 6.45) is 1.17. The van der Waals surface area contributed by atoms with Crippen LogP contribution >= 0.6 is 11.8 Å². The van der Waals surface area contributed by atoms with E-state index in [1.807, 2.05) is 6.92 Å². The minimum absolute atomic E-state index is 0.0000491. The maximum atomic E-state index is 11.1. The fourth-order valence-electron chi connectivity index (χ4n) is 1.03. The van der Waals surface area contributed by atoms with Gasteiger partial charge in [0.15, 0.2) is 0 Å². The van der Waals surface area contributed by atoms with Gasteiger partial charge in [0.05, 0.1) is 6.04 Å². The first kappa shape index (κ1) is 8.59. The summed E-state index contributed by atoms with van der Waals surface area (Å²) in [6, 6.07) is -0.215. The largest absolute Gasteiger partial charge is 0.345 e. The molecule has 4 heteroatoms. The van der Waals surface area contributed by atoms with E-state index in [2.05, 4.69) is 5.32 Å². The van der Waals surface area contributed by atoms with Crippen LogP contribution in [0.1, 0.15) is 19.8 Å². The van der Waals surface area contributed by atoms with E-state index >= 15 is 0 Å². The van der Waals surface area contributed by atoms with Crippen LogP contribution in [0, 0.1) is 0 Å². The molecule has 1 aliphatic rings. The molecule has 1 fully saturated rings. The standard InChI is InChI=1S/C7H11NO2S/c1-2-11-7(10)5-3-4-6(9)8-5/h5H,2-4H2,1H3,(H,8,9). The number of rotatable bonds is 2. The van der Waals surface area contributed by atoms with Crippen molar-refractivity contribution in [2.45, 2.75) is 25.8 Å². The quantitative estimate of drug-likeness (QED) is 0.663. The summed E-state index contributed by atoms with van der Waals surface area (Å²) >= 11 is 1.28. The van der Waals surface area contributed by atoms with Crippen molar-refractivity contribution < 1.29 is 9.59 Å². The molecule has 1 N–H and O–H groups in total. The second-order valence-electron chi connectivity index (χ2n) is 2.41. The maximum absolute atomic E-state index is 11.1. The Balaban J connectivity index is 2.37. The Hall–Kier alpha value is -0.510. The van der Waals surface area contributed by atoms with Crippen LogP contribution in [0.15, 0.2) is 0 Å². The van der Waals surface area contributed by atoms with E-state index in [0.29, 0.717) is 12.8 Å². The zero-order valence-electron chi connectivity index (χ0n) is 6.42. The fraction of sp³-hybridized carbons (Fsp3) is 0.714. The van der Waals surface area contributed by atoms with Gasteiger partial charge in [-0.3, -0.25) is 9.59 Å². The molecule has 62 valence electrons. The lowest BCUT2D eigenvalue weighted by Crippen LogP contribution is -2.31.